The zero-order chi connectivity index (χ0) is 12.6. The number of benzene rings is 1. The Hall–Kier alpha value is -1.82. The molecule has 0 aromatic heterocycles. The van der Waals surface area contributed by atoms with Gasteiger partial charge in [0.15, 0.2) is 0 Å². The van der Waals surface area contributed by atoms with Crippen molar-refractivity contribution in [1.82, 2.24) is 0 Å². The van der Waals surface area contributed by atoms with Crippen LogP contribution in [0.15, 0.2) is 24.3 Å². The van der Waals surface area contributed by atoms with Crippen LogP contribution in [0.5, 0.6) is 0 Å². The van der Waals surface area contributed by atoms with Crippen LogP contribution in [0.2, 0.25) is 0 Å². The van der Waals surface area contributed by atoms with Gasteiger partial charge in [-0.1, -0.05) is 18.2 Å². The SMILES string of the molecule is N#CC1(C(=O)N2CCCCc3ccccc32)CC1. The Kier molecular flexibility index (Phi) is 2.59. The highest BCUT2D eigenvalue weighted by Gasteiger charge is 2.53. The summed E-state index contributed by atoms with van der Waals surface area (Å²) in [5, 5.41) is 9.18. The van der Waals surface area contributed by atoms with E-state index in [0.29, 0.717) is 0 Å². The molecular weight excluding hydrogens is 224 g/mol. The Bertz CT molecular complexity index is 526. The number of aryl methyl sites for hydroxylation is 1. The highest BCUT2D eigenvalue weighted by Crippen LogP contribution is 2.47. The topological polar surface area (TPSA) is 44.1 Å². The van der Waals surface area contributed by atoms with E-state index in [2.05, 4.69) is 12.1 Å². The van der Waals surface area contributed by atoms with Crippen LogP contribution in [0.3, 0.4) is 0 Å². The molecular formula is C15H16N2O. The third-order valence-electron chi connectivity index (χ3n) is 3.98. The third-order valence-corrected chi connectivity index (χ3v) is 3.98. The van der Waals surface area contributed by atoms with Gasteiger partial charge < -0.3 is 4.90 Å². The second-order valence-electron chi connectivity index (χ2n) is 5.24. The minimum atomic E-state index is -0.711. The fraction of sp³-hybridized carbons (Fsp3) is 0.467. The van der Waals surface area contributed by atoms with Crippen LogP contribution in [0.25, 0.3) is 0 Å². The molecule has 0 atom stereocenters. The number of hydrogen-bond acceptors (Lipinski definition) is 2. The van der Waals surface area contributed by atoms with Crippen molar-refractivity contribution in [3.63, 3.8) is 0 Å². The molecule has 1 aliphatic heterocycles. The summed E-state index contributed by atoms with van der Waals surface area (Å²) in [6.07, 6.45) is 4.60. The standard InChI is InChI=1S/C15H16N2O/c16-11-15(8-9-15)14(18)17-10-4-3-6-12-5-1-2-7-13(12)17/h1-2,5,7H,3-4,6,8-10H2. The van der Waals surface area contributed by atoms with Crippen molar-refractivity contribution in [2.75, 3.05) is 11.4 Å². The van der Waals surface area contributed by atoms with Gasteiger partial charge in [-0.15, -0.1) is 0 Å². The largest absolute Gasteiger partial charge is 0.311 e. The van der Waals surface area contributed by atoms with Crippen LogP contribution < -0.4 is 4.90 Å². The van der Waals surface area contributed by atoms with E-state index >= 15 is 0 Å². The van der Waals surface area contributed by atoms with E-state index in [1.165, 1.54) is 5.56 Å². The number of nitrogens with zero attached hydrogens (tertiary/aromatic N) is 2. The summed E-state index contributed by atoms with van der Waals surface area (Å²) in [7, 11) is 0. The minimum Gasteiger partial charge on any atom is -0.311 e. The van der Waals surface area contributed by atoms with Crippen molar-refractivity contribution >= 4 is 11.6 Å². The number of anilines is 1. The molecule has 2 aliphatic rings. The van der Waals surface area contributed by atoms with Crippen LogP contribution in [0.1, 0.15) is 31.2 Å². The van der Waals surface area contributed by atoms with Crippen LogP contribution in [-0.4, -0.2) is 12.5 Å². The molecule has 1 heterocycles. The van der Waals surface area contributed by atoms with Crippen LogP contribution in [0.4, 0.5) is 5.69 Å². The lowest BCUT2D eigenvalue weighted by Gasteiger charge is -2.24. The number of nitriles is 1. The maximum Gasteiger partial charge on any atom is 0.247 e. The molecule has 0 unspecified atom stereocenters. The molecule has 92 valence electrons. The van der Waals surface area contributed by atoms with E-state index < -0.39 is 5.41 Å². The van der Waals surface area contributed by atoms with Gasteiger partial charge in [0, 0.05) is 12.2 Å². The van der Waals surface area contributed by atoms with Gasteiger partial charge in [-0.3, -0.25) is 4.79 Å². The van der Waals surface area contributed by atoms with E-state index in [-0.39, 0.29) is 5.91 Å². The number of hydrogen-bond donors (Lipinski definition) is 0. The Morgan fingerprint density at radius 2 is 2.06 bits per heavy atom. The second kappa shape index (κ2) is 4.13. The van der Waals surface area contributed by atoms with Crippen molar-refractivity contribution < 1.29 is 4.79 Å². The number of rotatable bonds is 1. The second-order valence-corrected chi connectivity index (χ2v) is 5.24. The first-order chi connectivity index (χ1) is 8.77. The average molecular weight is 240 g/mol. The molecule has 1 fully saturated rings. The predicted octanol–water partition coefficient (Wildman–Crippen LogP) is 2.66. The molecule has 1 aliphatic carbocycles. The van der Waals surface area contributed by atoms with Crippen molar-refractivity contribution in [3.8, 4) is 6.07 Å². The van der Waals surface area contributed by atoms with Gasteiger partial charge >= 0.3 is 0 Å². The first-order valence-corrected chi connectivity index (χ1v) is 6.58. The molecule has 3 nitrogen and oxygen atoms in total. The molecule has 1 aromatic carbocycles. The van der Waals surface area contributed by atoms with Crippen molar-refractivity contribution in [3.05, 3.63) is 29.8 Å². The number of fused-ring (bicyclic) bond motifs is 1. The summed E-state index contributed by atoms with van der Waals surface area (Å²) in [6.45, 7) is 0.749. The lowest BCUT2D eigenvalue weighted by atomic mass is 10.1. The fourth-order valence-electron chi connectivity index (χ4n) is 2.66. The number of amides is 1. The molecule has 0 spiro atoms. The van der Waals surface area contributed by atoms with Crippen molar-refractivity contribution in [2.24, 2.45) is 5.41 Å². The first kappa shape index (κ1) is 11.3. The maximum absolute atomic E-state index is 12.5. The average Bonchev–Trinajstić information content (AvgIpc) is 3.22. The molecule has 0 N–H and O–H groups in total. The summed E-state index contributed by atoms with van der Waals surface area (Å²) in [4.78, 5) is 14.4. The smallest absolute Gasteiger partial charge is 0.247 e. The van der Waals surface area contributed by atoms with E-state index in [1.807, 2.05) is 23.1 Å². The monoisotopic (exact) mass is 240 g/mol. The van der Waals surface area contributed by atoms with Crippen LogP contribution >= 0.6 is 0 Å². The van der Waals surface area contributed by atoms with Crippen molar-refractivity contribution in [1.29, 1.82) is 5.26 Å². The van der Waals surface area contributed by atoms with Crippen LogP contribution in [0, 0.1) is 16.7 Å². The maximum atomic E-state index is 12.5. The van der Waals surface area contributed by atoms with Gasteiger partial charge in [-0.25, -0.2) is 0 Å². The van der Waals surface area contributed by atoms with Gasteiger partial charge in [-0.05, 0) is 43.7 Å². The molecule has 3 rings (SSSR count). The normalized spacial score (nSPS) is 20.5. The third kappa shape index (κ3) is 1.69. The van der Waals surface area contributed by atoms with Crippen molar-refractivity contribution in [2.45, 2.75) is 32.1 Å². The number of carbonyl (C=O) groups excluding carboxylic acids is 1. The van der Waals surface area contributed by atoms with Gasteiger partial charge in [0.2, 0.25) is 5.91 Å². The molecule has 0 radical (unpaired) electrons. The Morgan fingerprint density at radius 1 is 1.28 bits per heavy atom. The lowest BCUT2D eigenvalue weighted by Crippen LogP contribution is -2.37. The van der Waals surface area contributed by atoms with Gasteiger partial charge in [0.05, 0.1) is 6.07 Å². The summed E-state index contributed by atoms with van der Waals surface area (Å²) >= 11 is 0. The van der Waals surface area contributed by atoms with E-state index in [9.17, 15) is 10.1 Å². The van der Waals surface area contributed by atoms with E-state index in [4.69, 9.17) is 0 Å². The zero-order valence-corrected chi connectivity index (χ0v) is 10.4. The molecule has 1 saturated carbocycles. The molecule has 1 amide bonds. The molecule has 18 heavy (non-hydrogen) atoms. The molecule has 3 heteroatoms. The van der Waals surface area contributed by atoms with Gasteiger partial charge in [-0.2, -0.15) is 5.26 Å². The van der Waals surface area contributed by atoms with Gasteiger partial charge in [0.25, 0.3) is 0 Å². The molecule has 0 bridgehead atoms. The minimum absolute atomic E-state index is 0.0133. The lowest BCUT2D eigenvalue weighted by molar-refractivity contribution is -0.121. The Morgan fingerprint density at radius 3 is 2.78 bits per heavy atom. The summed E-state index contributed by atoms with van der Waals surface area (Å²) < 4.78 is 0. The summed E-state index contributed by atoms with van der Waals surface area (Å²) in [5.74, 6) is 0.0133. The predicted molar refractivity (Wildman–Crippen MR) is 69.0 cm³/mol. The summed E-state index contributed by atoms with van der Waals surface area (Å²) in [6, 6.07) is 10.3. The zero-order valence-electron chi connectivity index (χ0n) is 10.4. The fourth-order valence-corrected chi connectivity index (χ4v) is 2.66. The highest BCUT2D eigenvalue weighted by molar-refractivity contribution is 6.01. The van der Waals surface area contributed by atoms with Gasteiger partial charge in [0.1, 0.15) is 5.41 Å². The summed E-state index contributed by atoms with van der Waals surface area (Å²) in [5.41, 5.74) is 1.54. The van der Waals surface area contributed by atoms with Crippen LogP contribution in [-0.2, 0) is 11.2 Å². The van der Waals surface area contributed by atoms with E-state index in [0.717, 1.165) is 44.3 Å². The number of para-hydroxylation sites is 1. The quantitative estimate of drug-likeness (QED) is 0.757. The first-order valence-electron chi connectivity index (χ1n) is 6.58. The number of carbonyl (C=O) groups is 1. The molecule has 0 saturated heterocycles. The Balaban J connectivity index is 1.98. The van der Waals surface area contributed by atoms with E-state index in [1.54, 1.807) is 0 Å². The molecule has 1 aromatic rings. The Labute approximate surface area is 107 Å². The highest BCUT2D eigenvalue weighted by atomic mass is 16.2.